The molecule has 7 nitrogen and oxygen atoms in total. The van der Waals surface area contributed by atoms with Crippen molar-refractivity contribution in [3.8, 4) is 0 Å². The topological polar surface area (TPSA) is 66.2 Å². The first-order valence-corrected chi connectivity index (χ1v) is 9.28. The van der Waals surface area contributed by atoms with Crippen LogP contribution in [0.3, 0.4) is 0 Å². The first-order valence-electron chi connectivity index (χ1n) is 9.28. The number of hydrogen-bond donors (Lipinski definition) is 0. The highest BCUT2D eigenvalue weighted by atomic mass is 19.1. The Hall–Kier alpha value is -3.16. The van der Waals surface area contributed by atoms with E-state index in [1.54, 1.807) is 29.6 Å². The van der Waals surface area contributed by atoms with Crippen LogP contribution in [-0.4, -0.2) is 23.1 Å². The Bertz CT molecular complexity index is 1320. The van der Waals surface area contributed by atoms with Crippen LogP contribution >= 0.6 is 0 Å². The third-order valence-corrected chi connectivity index (χ3v) is 5.39. The predicted octanol–water partition coefficient (Wildman–Crippen LogP) is 2.62. The van der Waals surface area contributed by atoms with Crippen molar-refractivity contribution in [1.82, 2.24) is 23.1 Å². The van der Waals surface area contributed by atoms with Crippen molar-refractivity contribution in [3.63, 3.8) is 0 Å². The van der Waals surface area contributed by atoms with Crippen LogP contribution in [0.4, 0.5) is 4.39 Å². The number of aryl methyl sites for hydroxylation is 2. The van der Waals surface area contributed by atoms with Gasteiger partial charge < -0.3 is 4.57 Å². The summed E-state index contributed by atoms with van der Waals surface area (Å²) in [6, 6.07) is 6.34. The SMILES string of the molecule is CC[C@@H](C)n1c(C)cn2c3c(=O)n(Cc4ccccc4F)c(=O)n(C)c3nc12. The minimum atomic E-state index is -0.520. The molecule has 0 radical (unpaired) electrons. The molecular formula is C20H22FN5O2. The molecule has 1 atom stereocenters. The molecule has 0 saturated heterocycles. The second-order valence-corrected chi connectivity index (χ2v) is 7.18. The predicted molar refractivity (Wildman–Crippen MR) is 105 cm³/mol. The standard InChI is InChI=1S/C20H22FN5O2/c1-5-12(2)26-13(3)10-24-16-17(22-19(24)26)23(4)20(28)25(18(16)27)11-14-8-6-7-9-15(14)21/h6-10,12H,5,11H2,1-4H3/t12-/m1/s1. The van der Waals surface area contributed by atoms with Gasteiger partial charge in [-0.25, -0.2) is 9.18 Å². The summed E-state index contributed by atoms with van der Waals surface area (Å²) >= 11 is 0. The highest BCUT2D eigenvalue weighted by molar-refractivity contribution is 5.75. The number of hydrogen-bond acceptors (Lipinski definition) is 3. The minimum Gasteiger partial charge on any atom is -0.311 e. The lowest BCUT2D eigenvalue weighted by atomic mass is 10.2. The summed E-state index contributed by atoms with van der Waals surface area (Å²) < 4.78 is 20.3. The van der Waals surface area contributed by atoms with E-state index >= 15 is 0 Å². The molecule has 8 heteroatoms. The van der Waals surface area contributed by atoms with Crippen molar-refractivity contribution in [2.24, 2.45) is 7.05 Å². The van der Waals surface area contributed by atoms with Crippen LogP contribution in [0.1, 0.15) is 37.6 Å². The molecule has 1 aromatic carbocycles. The molecule has 0 unspecified atom stereocenters. The van der Waals surface area contributed by atoms with Crippen molar-refractivity contribution in [3.05, 3.63) is 68.4 Å². The van der Waals surface area contributed by atoms with Crippen molar-refractivity contribution in [1.29, 1.82) is 0 Å². The van der Waals surface area contributed by atoms with Gasteiger partial charge in [0, 0.05) is 30.5 Å². The monoisotopic (exact) mass is 383 g/mol. The molecule has 0 aliphatic rings. The molecule has 146 valence electrons. The number of imidazole rings is 2. The molecule has 4 aromatic rings. The van der Waals surface area contributed by atoms with Gasteiger partial charge in [0.25, 0.3) is 5.56 Å². The van der Waals surface area contributed by atoms with Gasteiger partial charge in [-0.15, -0.1) is 0 Å². The summed E-state index contributed by atoms with van der Waals surface area (Å²) in [5.74, 6) is 0.173. The first kappa shape index (κ1) is 18.2. The third-order valence-electron chi connectivity index (χ3n) is 5.39. The summed E-state index contributed by atoms with van der Waals surface area (Å²) in [6.45, 7) is 6.00. The molecule has 3 heterocycles. The van der Waals surface area contributed by atoms with Crippen LogP contribution in [0, 0.1) is 12.7 Å². The van der Waals surface area contributed by atoms with E-state index in [2.05, 4.69) is 23.4 Å². The number of benzene rings is 1. The van der Waals surface area contributed by atoms with E-state index in [-0.39, 0.29) is 18.2 Å². The maximum Gasteiger partial charge on any atom is 0.332 e. The first-order chi connectivity index (χ1) is 13.3. The van der Waals surface area contributed by atoms with Gasteiger partial charge in [-0.05, 0) is 26.3 Å². The molecule has 0 amide bonds. The molecule has 28 heavy (non-hydrogen) atoms. The van der Waals surface area contributed by atoms with Gasteiger partial charge in [-0.2, -0.15) is 4.98 Å². The molecule has 0 N–H and O–H groups in total. The summed E-state index contributed by atoms with van der Waals surface area (Å²) in [5.41, 5.74) is 0.914. The third kappa shape index (κ3) is 2.51. The molecule has 4 rings (SSSR count). The van der Waals surface area contributed by atoms with Crippen molar-refractivity contribution in [2.45, 2.75) is 39.8 Å². The molecule has 0 saturated carbocycles. The van der Waals surface area contributed by atoms with Crippen LogP contribution in [0.2, 0.25) is 0 Å². The Morgan fingerprint density at radius 1 is 1.21 bits per heavy atom. The molecule has 3 aromatic heterocycles. The Balaban J connectivity index is 2.04. The van der Waals surface area contributed by atoms with Crippen LogP contribution < -0.4 is 11.2 Å². The second kappa shape index (κ2) is 6.47. The number of nitrogens with zero attached hydrogens (tertiary/aromatic N) is 5. The number of rotatable bonds is 4. The van der Waals surface area contributed by atoms with E-state index in [1.807, 2.05) is 13.1 Å². The lowest BCUT2D eigenvalue weighted by molar-refractivity contribution is 0.532. The number of aromatic nitrogens is 5. The van der Waals surface area contributed by atoms with Gasteiger partial charge in [-0.1, -0.05) is 25.1 Å². The van der Waals surface area contributed by atoms with E-state index < -0.39 is 17.1 Å². The normalized spacial score (nSPS) is 12.9. The largest absolute Gasteiger partial charge is 0.332 e. The summed E-state index contributed by atoms with van der Waals surface area (Å²) in [4.78, 5) is 30.6. The number of fused-ring (bicyclic) bond motifs is 3. The zero-order valence-electron chi connectivity index (χ0n) is 16.3. The number of halogens is 1. The van der Waals surface area contributed by atoms with Gasteiger partial charge in [-0.3, -0.25) is 18.3 Å². The summed E-state index contributed by atoms with van der Waals surface area (Å²) in [6.07, 6.45) is 2.76. The highest BCUT2D eigenvalue weighted by Crippen LogP contribution is 2.22. The zero-order valence-corrected chi connectivity index (χ0v) is 16.3. The second-order valence-electron chi connectivity index (χ2n) is 7.18. The summed E-state index contributed by atoms with van der Waals surface area (Å²) in [5, 5.41) is 0. The average molecular weight is 383 g/mol. The Labute approximate surface area is 160 Å². The van der Waals surface area contributed by atoms with E-state index in [0.29, 0.717) is 16.9 Å². The van der Waals surface area contributed by atoms with Gasteiger partial charge in [0.05, 0.1) is 6.54 Å². The van der Waals surface area contributed by atoms with Gasteiger partial charge in [0.1, 0.15) is 5.82 Å². The highest BCUT2D eigenvalue weighted by Gasteiger charge is 2.21. The molecule has 0 spiro atoms. The quantitative estimate of drug-likeness (QED) is 0.544. The fourth-order valence-electron chi connectivity index (χ4n) is 3.69. The van der Waals surface area contributed by atoms with Crippen LogP contribution in [-0.2, 0) is 13.6 Å². The molecule has 0 bridgehead atoms. The van der Waals surface area contributed by atoms with Crippen LogP contribution in [0.5, 0.6) is 0 Å². The van der Waals surface area contributed by atoms with E-state index in [4.69, 9.17) is 0 Å². The molecule has 0 aliphatic heterocycles. The Morgan fingerprint density at radius 2 is 1.93 bits per heavy atom. The lowest BCUT2D eigenvalue weighted by Gasteiger charge is -2.12. The van der Waals surface area contributed by atoms with Gasteiger partial charge in [0.2, 0.25) is 5.78 Å². The molecule has 0 fully saturated rings. The van der Waals surface area contributed by atoms with Crippen LogP contribution in [0.15, 0.2) is 40.1 Å². The average Bonchev–Trinajstić information content (AvgIpc) is 3.18. The Kier molecular flexibility index (Phi) is 4.21. The minimum absolute atomic E-state index is 0.133. The maximum absolute atomic E-state index is 14.1. The van der Waals surface area contributed by atoms with E-state index in [0.717, 1.165) is 16.7 Å². The fourth-order valence-corrected chi connectivity index (χ4v) is 3.69. The van der Waals surface area contributed by atoms with E-state index in [9.17, 15) is 14.0 Å². The smallest absolute Gasteiger partial charge is 0.311 e. The van der Waals surface area contributed by atoms with Crippen molar-refractivity contribution >= 4 is 16.9 Å². The Morgan fingerprint density at radius 3 is 2.61 bits per heavy atom. The van der Waals surface area contributed by atoms with Crippen molar-refractivity contribution in [2.75, 3.05) is 0 Å². The zero-order chi connectivity index (χ0) is 20.2. The van der Waals surface area contributed by atoms with Gasteiger partial charge >= 0.3 is 5.69 Å². The summed E-state index contributed by atoms with van der Waals surface area (Å²) in [7, 11) is 1.58. The van der Waals surface area contributed by atoms with E-state index in [1.165, 1.54) is 10.6 Å². The van der Waals surface area contributed by atoms with Gasteiger partial charge in [0.15, 0.2) is 11.2 Å². The molecule has 0 aliphatic carbocycles. The fraction of sp³-hybridized carbons (Fsp3) is 0.350. The molecular weight excluding hydrogens is 361 g/mol. The lowest BCUT2D eigenvalue weighted by Crippen LogP contribution is -2.39. The maximum atomic E-state index is 14.1. The van der Waals surface area contributed by atoms with Crippen molar-refractivity contribution < 1.29 is 4.39 Å². The van der Waals surface area contributed by atoms with Crippen LogP contribution in [0.25, 0.3) is 16.9 Å².